The molecular weight excluding hydrogens is 525 g/mol. The van der Waals surface area contributed by atoms with Crippen LogP contribution in [0.1, 0.15) is 40.2 Å². The van der Waals surface area contributed by atoms with Gasteiger partial charge in [-0.3, -0.25) is 13.9 Å². The van der Waals surface area contributed by atoms with E-state index in [0.717, 1.165) is 10.6 Å². The second-order valence-corrected chi connectivity index (χ2v) is 12.1. The van der Waals surface area contributed by atoms with Gasteiger partial charge in [-0.15, -0.1) is 0 Å². The first kappa shape index (κ1) is 29.7. The quantitative estimate of drug-likeness (QED) is 0.464. The maximum atomic E-state index is 13.6. The van der Waals surface area contributed by atoms with Crippen LogP contribution in [0.5, 0.6) is 5.75 Å². The number of rotatable bonds is 10. The fourth-order valence-corrected chi connectivity index (χ4v) is 4.77. The van der Waals surface area contributed by atoms with Gasteiger partial charge in [0.05, 0.1) is 18.6 Å². The van der Waals surface area contributed by atoms with Gasteiger partial charge < -0.3 is 15.0 Å². The molecule has 0 aliphatic rings. The lowest BCUT2D eigenvalue weighted by atomic mass is 10.1. The van der Waals surface area contributed by atoms with Crippen LogP contribution in [0.4, 0.5) is 5.69 Å². The second-order valence-electron chi connectivity index (χ2n) is 9.33. The molecule has 0 bridgehead atoms. The predicted molar refractivity (Wildman–Crippen MR) is 144 cm³/mol. The van der Waals surface area contributed by atoms with Crippen molar-refractivity contribution >= 4 is 50.7 Å². The number of anilines is 1. The lowest BCUT2D eigenvalue weighted by molar-refractivity contribution is -0.140. The molecule has 2 amide bonds. The Morgan fingerprint density at radius 1 is 1.06 bits per heavy atom. The largest absolute Gasteiger partial charge is 0.494 e. The van der Waals surface area contributed by atoms with E-state index in [1.165, 1.54) is 4.90 Å². The van der Waals surface area contributed by atoms with Crippen LogP contribution in [0.2, 0.25) is 10.0 Å². The number of hydrogen-bond acceptors (Lipinski definition) is 5. The Labute approximate surface area is 223 Å². The highest BCUT2D eigenvalue weighted by Crippen LogP contribution is 2.27. The van der Waals surface area contributed by atoms with Crippen molar-refractivity contribution in [1.29, 1.82) is 0 Å². The highest BCUT2D eigenvalue weighted by molar-refractivity contribution is 7.92. The zero-order valence-corrected chi connectivity index (χ0v) is 23.7. The van der Waals surface area contributed by atoms with Crippen LogP contribution >= 0.6 is 23.2 Å². The van der Waals surface area contributed by atoms with Crippen molar-refractivity contribution < 1.29 is 22.7 Å². The maximum absolute atomic E-state index is 13.6. The molecule has 0 heterocycles. The van der Waals surface area contributed by atoms with E-state index >= 15 is 0 Å². The molecule has 0 aliphatic heterocycles. The third-order valence-electron chi connectivity index (χ3n) is 5.17. The summed E-state index contributed by atoms with van der Waals surface area (Å²) in [6.45, 7) is 8.74. The third kappa shape index (κ3) is 8.28. The standard InChI is InChI=1S/C25H33Cl2N3O5S/c1-7-35-19-13-11-18(12-14-19)30(36(6,33)34)16-23(31)29(17(2)24(32)28-25(3,4)5)15-20-21(26)9-8-10-22(20)27/h8-14,17H,7,15-16H2,1-6H3,(H,28,32)/t17-/m1/s1. The summed E-state index contributed by atoms with van der Waals surface area (Å²) in [5.41, 5.74) is 0.205. The number of benzene rings is 2. The molecule has 11 heteroatoms. The molecule has 36 heavy (non-hydrogen) atoms. The first-order valence-electron chi connectivity index (χ1n) is 11.4. The normalized spacial score (nSPS) is 12.6. The minimum absolute atomic E-state index is 0.0864. The average Bonchev–Trinajstić information content (AvgIpc) is 2.76. The lowest BCUT2D eigenvalue weighted by Crippen LogP contribution is -2.54. The van der Waals surface area contributed by atoms with E-state index in [1.54, 1.807) is 49.4 Å². The Kier molecular flexibility index (Phi) is 10.0. The minimum atomic E-state index is -3.84. The van der Waals surface area contributed by atoms with Gasteiger partial charge in [0.25, 0.3) is 0 Å². The molecule has 2 rings (SSSR count). The van der Waals surface area contributed by atoms with Gasteiger partial charge in [0.2, 0.25) is 21.8 Å². The summed E-state index contributed by atoms with van der Waals surface area (Å²) in [5, 5.41) is 3.52. The summed E-state index contributed by atoms with van der Waals surface area (Å²) >= 11 is 12.7. The smallest absolute Gasteiger partial charge is 0.244 e. The highest BCUT2D eigenvalue weighted by atomic mass is 35.5. The lowest BCUT2D eigenvalue weighted by Gasteiger charge is -2.33. The van der Waals surface area contributed by atoms with Crippen LogP contribution in [-0.2, 0) is 26.2 Å². The van der Waals surface area contributed by atoms with Crippen LogP contribution in [0.3, 0.4) is 0 Å². The molecule has 198 valence electrons. The summed E-state index contributed by atoms with van der Waals surface area (Å²) < 4.78 is 31.7. The Hall–Kier alpha value is -2.49. The van der Waals surface area contributed by atoms with E-state index in [4.69, 9.17) is 27.9 Å². The minimum Gasteiger partial charge on any atom is -0.494 e. The number of hydrogen-bond donors (Lipinski definition) is 1. The molecule has 0 radical (unpaired) electrons. The molecule has 2 aromatic rings. The predicted octanol–water partition coefficient (Wildman–Crippen LogP) is 4.49. The van der Waals surface area contributed by atoms with Crippen LogP contribution in [0.25, 0.3) is 0 Å². The number of nitrogens with zero attached hydrogens (tertiary/aromatic N) is 2. The number of amides is 2. The summed E-state index contributed by atoms with van der Waals surface area (Å²) in [4.78, 5) is 27.9. The molecule has 0 unspecified atom stereocenters. The first-order chi connectivity index (χ1) is 16.6. The van der Waals surface area contributed by atoms with Gasteiger partial charge in [-0.2, -0.15) is 0 Å². The Bertz CT molecular complexity index is 1160. The zero-order valence-electron chi connectivity index (χ0n) is 21.3. The van der Waals surface area contributed by atoms with E-state index in [1.807, 2.05) is 27.7 Å². The molecule has 0 fully saturated rings. The highest BCUT2D eigenvalue weighted by Gasteiger charge is 2.32. The Balaban J connectivity index is 2.44. The molecule has 0 aromatic heterocycles. The van der Waals surface area contributed by atoms with E-state index in [2.05, 4.69) is 5.32 Å². The molecular formula is C25H33Cl2N3O5S. The van der Waals surface area contributed by atoms with Gasteiger partial charge in [-0.25, -0.2) is 8.42 Å². The number of nitrogens with one attached hydrogen (secondary N) is 1. The number of carbonyl (C=O) groups is 2. The average molecular weight is 559 g/mol. The molecule has 1 N–H and O–H groups in total. The fourth-order valence-electron chi connectivity index (χ4n) is 3.40. The molecule has 0 saturated carbocycles. The Morgan fingerprint density at radius 3 is 2.08 bits per heavy atom. The number of carbonyl (C=O) groups excluding carboxylic acids is 2. The number of ether oxygens (including phenoxy) is 1. The number of sulfonamides is 1. The van der Waals surface area contributed by atoms with Crippen LogP contribution in [0, 0.1) is 0 Å². The van der Waals surface area contributed by atoms with Gasteiger partial charge in [0, 0.05) is 27.7 Å². The summed E-state index contributed by atoms with van der Waals surface area (Å²) in [7, 11) is -3.84. The molecule has 8 nitrogen and oxygen atoms in total. The van der Waals surface area contributed by atoms with Gasteiger partial charge in [-0.1, -0.05) is 29.3 Å². The molecule has 1 atom stereocenters. The van der Waals surface area contributed by atoms with Crippen molar-refractivity contribution in [3.8, 4) is 5.75 Å². The van der Waals surface area contributed by atoms with E-state index in [0.29, 0.717) is 28.0 Å². The Morgan fingerprint density at radius 2 is 1.61 bits per heavy atom. The maximum Gasteiger partial charge on any atom is 0.244 e. The van der Waals surface area contributed by atoms with Gasteiger partial charge >= 0.3 is 0 Å². The topological polar surface area (TPSA) is 96.0 Å². The van der Waals surface area contributed by atoms with Gasteiger partial charge in [-0.05, 0) is 71.0 Å². The van der Waals surface area contributed by atoms with Gasteiger partial charge in [0.15, 0.2) is 0 Å². The monoisotopic (exact) mass is 557 g/mol. The SMILES string of the molecule is CCOc1ccc(N(CC(=O)N(Cc2c(Cl)cccc2Cl)[C@H](C)C(=O)NC(C)(C)C)S(C)(=O)=O)cc1. The van der Waals surface area contributed by atoms with Crippen molar-refractivity contribution in [3.63, 3.8) is 0 Å². The van der Waals surface area contributed by atoms with Crippen LogP contribution in [0.15, 0.2) is 42.5 Å². The second kappa shape index (κ2) is 12.2. The molecule has 0 spiro atoms. The van der Waals surface area contributed by atoms with Crippen molar-refractivity contribution in [2.24, 2.45) is 0 Å². The van der Waals surface area contributed by atoms with Crippen molar-refractivity contribution in [2.75, 3.05) is 23.7 Å². The molecule has 2 aromatic carbocycles. The van der Waals surface area contributed by atoms with Gasteiger partial charge in [0.1, 0.15) is 18.3 Å². The van der Waals surface area contributed by atoms with E-state index in [9.17, 15) is 18.0 Å². The van der Waals surface area contributed by atoms with E-state index in [-0.39, 0.29) is 12.2 Å². The third-order valence-corrected chi connectivity index (χ3v) is 7.02. The molecule has 0 aliphatic carbocycles. The van der Waals surface area contributed by atoms with Crippen LogP contribution < -0.4 is 14.4 Å². The van der Waals surface area contributed by atoms with E-state index < -0.39 is 40.0 Å². The van der Waals surface area contributed by atoms with Crippen molar-refractivity contribution in [3.05, 3.63) is 58.1 Å². The fraction of sp³-hybridized carbons (Fsp3) is 0.440. The van der Waals surface area contributed by atoms with Crippen molar-refractivity contribution in [2.45, 2.75) is 52.7 Å². The first-order valence-corrected chi connectivity index (χ1v) is 14.0. The number of halogens is 2. The molecule has 0 saturated heterocycles. The summed E-state index contributed by atoms with van der Waals surface area (Å²) in [5.74, 6) is -0.420. The van der Waals surface area contributed by atoms with Crippen molar-refractivity contribution in [1.82, 2.24) is 10.2 Å². The van der Waals surface area contributed by atoms with Crippen LogP contribution in [-0.4, -0.2) is 56.1 Å². The summed E-state index contributed by atoms with van der Waals surface area (Å²) in [6.07, 6.45) is 1.02. The zero-order chi connectivity index (χ0) is 27.3. The summed E-state index contributed by atoms with van der Waals surface area (Å²) in [6, 6.07) is 10.4.